The van der Waals surface area contributed by atoms with Gasteiger partial charge >= 0.3 is 0 Å². The van der Waals surface area contributed by atoms with E-state index in [0.717, 1.165) is 16.5 Å². The summed E-state index contributed by atoms with van der Waals surface area (Å²) in [6, 6.07) is 7.94. The van der Waals surface area contributed by atoms with Gasteiger partial charge < -0.3 is 15.4 Å². The number of ether oxygens (including phenoxy) is 1. The third-order valence-electron chi connectivity index (χ3n) is 3.18. The van der Waals surface area contributed by atoms with Crippen LogP contribution in [0.3, 0.4) is 0 Å². The van der Waals surface area contributed by atoms with E-state index in [1.165, 1.54) is 6.33 Å². The highest BCUT2D eigenvalue weighted by atomic mass is 16.5. The lowest BCUT2D eigenvalue weighted by Gasteiger charge is -2.13. The van der Waals surface area contributed by atoms with Crippen LogP contribution in [0.1, 0.15) is 0 Å². The summed E-state index contributed by atoms with van der Waals surface area (Å²) in [7, 11) is 3.38. The number of pyridine rings is 1. The summed E-state index contributed by atoms with van der Waals surface area (Å²) in [5, 5.41) is 8.41. The third-order valence-corrected chi connectivity index (χ3v) is 3.18. The van der Waals surface area contributed by atoms with E-state index in [4.69, 9.17) is 4.74 Å². The third kappa shape index (κ3) is 2.43. The van der Waals surface area contributed by atoms with Gasteiger partial charge in [0.15, 0.2) is 11.6 Å². The van der Waals surface area contributed by atoms with Crippen LogP contribution in [0, 0.1) is 0 Å². The molecule has 106 valence electrons. The van der Waals surface area contributed by atoms with Crippen molar-refractivity contribution in [3.63, 3.8) is 0 Å². The van der Waals surface area contributed by atoms with E-state index < -0.39 is 0 Å². The van der Waals surface area contributed by atoms with Crippen LogP contribution in [0.5, 0.6) is 5.75 Å². The van der Waals surface area contributed by atoms with Crippen LogP contribution in [0.15, 0.2) is 43.0 Å². The molecule has 2 N–H and O–H groups in total. The maximum Gasteiger partial charge on any atom is 0.204 e. The van der Waals surface area contributed by atoms with Crippen LogP contribution in [0.4, 0.5) is 17.3 Å². The Bertz CT molecular complexity index is 770. The highest BCUT2D eigenvalue weighted by Crippen LogP contribution is 2.33. The number of nitrogens with zero attached hydrogens (tertiary/aromatic N) is 3. The van der Waals surface area contributed by atoms with E-state index >= 15 is 0 Å². The first-order valence-corrected chi connectivity index (χ1v) is 6.50. The molecule has 6 heteroatoms. The second-order valence-corrected chi connectivity index (χ2v) is 4.38. The van der Waals surface area contributed by atoms with E-state index in [0.29, 0.717) is 17.4 Å². The lowest BCUT2D eigenvalue weighted by molar-refractivity contribution is 0.415. The molecule has 0 radical (unpaired) electrons. The molecule has 6 nitrogen and oxygen atoms in total. The molecule has 0 aliphatic rings. The Balaban J connectivity index is 2.07. The van der Waals surface area contributed by atoms with Gasteiger partial charge in [0.2, 0.25) is 5.75 Å². The van der Waals surface area contributed by atoms with E-state index in [1.54, 1.807) is 20.4 Å². The zero-order valence-corrected chi connectivity index (χ0v) is 11.8. The molecule has 0 amide bonds. The van der Waals surface area contributed by atoms with Gasteiger partial charge in [-0.1, -0.05) is 12.1 Å². The van der Waals surface area contributed by atoms with Gasteiger partial charge in [0.1, 0.15) is 6.33 Å². The smallest absolute Gasteiger partial charge is 0.204 e. The number of hydrogen-bond donors (Lipinski definition) is 2. The average molecular weight is 281 g/mol. The zero-order valence-electron chi connectivity index (χ0n) is 11.8. The number of aromatic nitrogens is 3. The van der Waals surface area contributed by atoms with Crippen molar-refractivity contribution >= 4 is 28.1 Å². The zero-order chi connectivity index (χ0) is 14.7. The van der Waals surface area contributed by atoms with Crippen LogP contribution >= 0.6 is 0 Å². The van der Waals surface area contributed by atoms with Gasteiger partial charge in [0.05, 0.1) is 7.11 Å². The van der Waals surface area contributed by atoms with Gasteiger partial charge in [-0.15, -0.1) is 0 Å². The number of fused-ring (bicyclic) bond motifs is 1. The van der Waals surface area contributed by atoms with Crippen molar-refractivity contribution in [2.24, 2.45) is 0 Å². The summed E-state index contributed by atoms with van der Waals surface area (Å²) in [6.07, 6.45) is 5.09. The summed E-state index contributed by atoms with van der Waals surface area (Å²) >= 11 is 0. The molecule has 0 unspecified atom stereocenters. The van der Waals surface area contributed by atoms with Crippen LogP contribution in [-0.2, 0) is 0 Å². The van der Waals surface area contributed by atoms with Gasteiger partial charge in [-0.2, -0.15) is 0 Å². The largest absolute Gasteiger partial charge is 0.490 e. The highest BCUT2D eigenvalue weighted by molar-refractivity contribution is 5.95. The summed E-state index contributed by atoms with van der Waals surface area (Å²) in [4.78, 5) is 12.5. The summed E-state index contributed by atoms with van der Waals surface area (Å²) < 4.78 is 5.39. The summed E-state index contributed by atoms with van der Waals surface area (Å²) in [5.41, 5.74) is 0.939. The minimum atomic E-state index is 0.575. The molecular weight excluding hydrogens is 266 g/mol. The number of nitrogens with one attached hydrogen (secondary N) is 2. The van der Waals surface area contributed by atoms with Crippen molar-refractivity contribution in [3.05, 3.63) is 43.0 Å². The summed E-state index contributed by atoms with van der Waals surface area (Å²) in [5.74, 6) is 1.82. The quantitative estimate of drug-likeness (QED) is 0.766. The molecule has 3 aromatic rings. The molecule has 0 aliphatic heterocycles. The summed E-state index contributed by atoms with van der Waals surface area (Å²) in [6.45, 7) is 0. The second-order valence-electron chi connectivity index (χ2n) is 4.38. The predicted octanol–water partition coefficient (Wildman–Crippen LogP) is 2.82. The van der Waals surface area contributed by atoms with E-state index in [9.17, 15) is 0 Å². The molecule has 0 saturated carbocycles. The number of hydrogen-bond acceptors (Lipinski definition) is 6. The standard InChI is InChI=1S/C15H15N5O/c1-16-14-13(21-2)15(19-9-18-14)20-12-5-3-4-10-8-17-7-6-11(10)12/h3-9H,1-2H3,(H2,16,18,19,20). The van der Waals surface area contributed by atoms with Crippen LogP contribution in [-0.4, -0.2) is 29.1 Å². The predicted molar refractivity (Wildman–Crippen MR) is 83.2 cm³/mol. The van der Waals surface area contributed by atoms with E-state index in [-0.39, 0.29) is 0 Å². The van der Waals surface area contributed by atoms with Gasteiger partial charge in [0.25, 0.3) is 0 Å². The number of rotatable bonds is 4. The van der Waals surface area contributed by atoms with Gasteiger partial charge in [-0.3, -0.25) is 4.98 Å². The fourth-order valence-electron chi connectivity index (χ4n) is 2.19. The fourth-order valence-corrected chi connectivity index (χ4v) is 2.19. The maximum absolute atomic E-state index is 5.39. The Morgan fingerprint density at radius 3 is 2.76 bits per heavy atom. The minimum absolute atomic E-state index is 0.575. The van der Waals surface area contributed by atoms with Crippen LogP contribution in [0.25, 0.3) is 10.8 Å². The Labute approximate surface area is 122 Å². The van der Waals surface area contributed by atoms with E-state index in [1.807, 2.05) is 30.5 Å². The Morgan fingerprint density at radius 2 is 1.95 bits per heavy atom. The van der Waals surface area contributed by atoms with Crippen molar-refractivity contribution in [1.29, 1.82) is 0 Å². The molecule has 0 bridgehead atoms. The van der Waals surface area contributed by atoms with Crippen LogP contribution < -0.4 is 15.4 Å². The highest BCUT2D eigenvalue weighted by Gasteiger charge is 2.12. The minimum Gasteiger partial charge on any atom is -0.490 e. The molecule has 0 fully saturated rings. The lowest BCUT2D eigenvalue weighted by atomic mass is 10.1. The monoisotopic (exact) mass is 281 g/mol. The molecule has 2 aromatic heterocycles. The van der Waals surface area contributed by atoms with Gasteiger partial charge in [-0.25, -0.2) is 9.97 Å². The van der Waals surface area contributed by atoms with Crippen molar-refractivity contribution in [2.75, 3.05) is 24.8 Å². The van der Waals surface area contributed by atoms with Crippen molar-refractivity contribution in [2.45, 2.75) is 0 Å². The van der Waals surface area contributed by atoms with Gasteiger partial charge in [0, 0.05) is 35.9 Å². The first kappa shape index (κ1) is 13.1. The van der Waals surface area contributed by atoms with Gasteiger partial charge in [-0.05, 0) is 12.1 Å². The normalized spacial score (nSPS) is 10.4. The van der Waals surface area contributed by atoms with Crippen molar-refractivity contribution < 1.29 is 4.74 Å². The molecular formula is C15H15N5O. The average Bonchev–Trinajstić information content (AvgIpc) is 2.55. The Hall–Kier alpha value is -2.89. The molecule has 0 atom stereocenters. The topological polar surface area (TPSA) is 72.0 Å². The second kappa shape index (κ2) is 5.62. The maximum atomic E-state index is 5.39. The van der Waals surface area contributed by atoms with Crippen molar-refractivity contribution in [3.8, 4) is 5.75 Å². The number of anilines is 3. The molecule has 1 aromatic carbocycles. The Kier molecular flexibility index (Phi) is 3.51. The molecule has 3 rings (SSSR count). The Morgan fingerprint density at radius 1 is 1.10 bits per heavy atom. The molecule has 0 spiro atoms. The molecule has 0 saturated heterocycles. The molecule has 2 heterocycles. The first-order valence-electron chi connectivity index (χ1n) is 6.50. The number of methoxy groups -OCH3 is 1. The molecule has 0 aliphatic carbocycles. The van der Waals surface area contributed by atoms with E-state index in [2.05, 4.69) is 25.6 Å². The van der Waals surface area contributed by atoms with Crippen molar-refractivity contribution in [1.82, 2.24) is 15.0 Å². The van der Waals surface area contributed by atoms with Crippen LogP contribution in [0.2, 0.25) is 0 Å². The number of benzene rings is 1. The molecule has 21 heavy (non-hydrogen) atoms. The first-order chi connectivity index (χ1) is 10.3. The lowest BCUT2D eigenvalue weighted by Crippen LogP contribution is -2.03. The fraction of sp³-hybridized carbons (Fsp3) is 0.133. The SMILES string of the molecule is CNc1ncnc(Nc2cccc3cnccc23)c1OC.